The summed E-state index contributed by atoms with van der Waals surface area (Å²) in [7, 11) is 2.18. The van der Waals surface area contributed by atoms with Crippen molar-refractivity contribution < 1.29 is 5.11 Å². The maximum atomic E-state index is 8.92. The molecule has 0 aliphatic carbocycles. The molecule has 0 aromatic rings. The van der Waals surface area contributed by atoms with Crippen molar-refractivity contribution in [3.05, 3.63) is 0 Å². The molecule has 1 rings (SSSR count). The number of aliphatic hydroxyl groups excluding tert-OH is 1. The minimum atomic E-state index is 0.0569. The lowest BCUT2D eigenvalue weighted by Crippen LogP contribution is -2.49. The highest BCUT2D eigenvalue weighted by Gasteiger charge is 2.17. The normalized spacial score (nSPS) is 20.2. The van der Waals surface area contributed by atoms with Crippen molar-refractivity contribution in [1.82, 2.24) is 15.1 Å². The molecule has 0 radical (unpaired) electrons. The molecule has 0 bridgehead atoms. The summed E-state index contributed by atoms with van der Waals surface area (Å²) in [5.74, 6) is 0. The van der Waals surface area contributed by atoms with Crippen LogP contribution in [0.25, 0.3) is 0 Å². The summed E-state index contributed by atoms with van der Waals surface area (Å²) >= 11 is 0. The lowest BCUT2D eigenvalue weighted by molar-refractivity contribution is 0.149. The topological polar surface area (TPSA) is 38.7 Å². The third kappa shape index (κ3) is 5.25. The summed E-state index contributed by atoms with van der Waals surface area (Å²) in [5, 5.41) is 12.4. The monoisotopic (exact) mass is 229 g/mol. The number of rotatable bonds is 6. The van der Waals surface area contributed by atoms with Crippen LogP contribution in [-0.4, -0.2) is 73.4 Å². The second-order valence-electron chi connectivity index (χ2n) is 5.43. The van der Waals surface area contributed by atoms with Gasteiger partial charge in [0, 0.05) is 51.4 Å². The van der Waals surface area contributed by atoms with Crippen LogP contribution in [0.4, 0.5) is 0 Å². The SMILES string of the molecule is CN1CCN(CCNC(C)(C)CCO)CC1. The molecule has 0 spiro atoms. The van der Waals surface area contributed by atoms with Crippen LogP contribution in [0.2, 0.25) is 0 Å². The van der Waals surface area contributed by atoms with Crippen molar-refractivity contribution in [2.75, 3.05) is 52.9 Å². The van der Waals surface area contributed by atoms with E-state index in [-0.39, 0.29) is 12.1 Å². The van der Waals surface area contributed by atoms with Gasteiger partial charge in [0.05, 0.1) is 0 Å². The Balaban J connectivity index is 2.11. The van der Waals surface area contributed by atoms with E-state index in [1.165, 1.54) is 26.2 Å². The van der Waals surface area contributed by atoms with Gasteiger partial charge in [0.2, 0.25) is 0 Å². The molecule has 96 valence electrons. The first-order valence-electron chi connectivity index (χ1n) is 6.30. The predicted molar refractivity (Wildman–Crippen MR) is 67.7 cm³/mol. The molecule has 0 aromatic carbocycles. The predicted octanol–water partition coefficient (Wildman–Crippen LogP) is -0.0156. The quantitative estimate of drug-likeness (QED) is 0.672. The summed E-state index contributed by atoms with van der Waals surface area (Å²) in [5.41, 5.74) is 0.0569. The Kier molecular flexibility index (Phi) is 5.69. The van der Waals surface area contributed by atoms with Crippen LogP contribution in [0.3, 0.4) is 0 Å². The molecule has 1 aliphatic heterocycles. The van der Waals surface area contributed by atoms with Crippen molar-refractivity contribution in [2.24, 2.45) is 0 Å². The van der Waals surface area contributed by atoms with Crippen LogP contribution in [0.1, 0.15) is 20.3 Å². The number of likely N-dealkylation sites (N-methyl/N-ethyl adjacent to an activating group) is 1. The molecule has 4 nitrogen and oxygen atoms in total. The van der Waals surface area contributed by atoms with E-state index >= 15 is 0 Å². The first kappa shape index (κ1) is 13.9. The summed E-state index contributed by atoms with van der Waals surface area (Å²) in [6.45, 7) is 11.4. The lowest BCUT2D eigenvalue weighted by Gasteiger charge is -2.33. The van der Waals surface area contributed by atoms with E-state index in [4.69, 9.17) is 5.11 Å². The molecule has 1 fully saturated rings. The Labute approximate surface area is 99.6 Å². The van der Waals surface area contributed by atoms with E-state index < -0.39 is 0 Å². The second kappa shape index (κ2) is 6.55. The molecule has 0 amide bonds. The van der Waals surface area contributed by atoms with Gasteiger partial charge in [-0.15, -0.1) is 0 Å². The van der Waals surface area contributed by atoms with Gasteiger partial charge in [0.1, 0.15) is 0 Å². The summed E-state index contributed by atoms with van der Waals surface area (Å²) in [6, 6.07) is 0. The van der Waals surface area contributed by atoms with Gasteiger partial charge in [-0.1, -0.05) is 0 Å². The molecule has 1 saturated heterocycles. The molecular weight excluding hydrogens is 202 g/mol. The highest BCUT2D eigenvalue weighted by atomic mass is 16.3. The Morgan fingerprint density at radius 2 is 1.81 bits per heavy atom. The van der Waals surface area contributed by atoms with Gasteiger partial charge >= 0.3 is 0 Å². The van der Waals surface area contributed by atoms with Gasteiger partial charge in [0.15, 0.2) is 0 Å². The second-order valence-corrected chi connectivity index (χ2v) is 5.43. The van der Waals surface area contributed by atoms with Crippen LogP contribution in [0.5, 0.6) is 0 Å². The Morgan fingerprint density at radius 3 is 2.38 bits per heavy atom. The molecule has 16 heavy (non-hydrogen) atoms. The lowest BCUT2D eigenvalue weighted by atomic mass is 10.0. The van der Waals surface area contributed by atoms with Gasteiger partial charge in [-0.05, 0) is 27.3 Å². The largest absolute Gasteiger partial charge is 0.396 e. The van der Waals surface area contributed by atoms with Crippen molar-refractivity contribution in [2.45, 2.75) is 25.8 Å². The Morgan fingerprint density at radius 1 is 1.19 bits per heavy atom. The van der Waals surface area contributed by atoms with Crippen molar-refractivity contribution >= 4 is 0 Å². The Hall–Kier alpha value is -0.160. The van der Waals surface area contributed by atoms with Crippen LogP contribution in [0, 0.1) is 0 Å². The van der Waals surface area contributed by atoms with Crippen LogP contribution in [0.15, 0.2) is 0 Å². The summed E-state index contributed by atoms with van der Waals surface area (Å²) in [6.07, 6.45) is 0.815. The number of nitrogens with zero attached hydrogens (tertiary/aromatic N) is 2. The number of hydrogen-bond acceptors (Lipinski definition) is 4. The molecular formula is C12H27N3O. The molecule has 0 saturated carbocycles. The minimum absolute atomic E-state index is 0.0569. The highest BCUT2D eigenvalue weighted by molar-refractivity contribution is 4.78. The smallest absolute Gasteiger partial charge is 0.0448 e. The molecule has 0 unspecified atom stereocenters. The third-order valence-electron chi connectivity index (χ3n) is 3.36. The molecule has 1 heterocycles. The zero-order chi connectivity index (χ0) is 12.0. The summed E-state index contributed by atoms with van der Waals surface area (Å²) < 4.78 is 0. The van der Waals surface area contributed by atoms with E-state index in [2.05, 4.69) is 36.0 Å². The fraction of sp³-hybridized carbons (Fsp3) is 1.00. The standard InChI is InChI=1S/C12H27N3O/c1-12(2,4-11-16)13-5-6-15-9-7-14(3)8-10-15/h13,16H,4-11H2,1-3H3. The van der Waals surface area contributed by atoms with Gasteiger partial charge in [-0.2, -0.15) is 0 Å². The first-order chi connectivity index (χ1) is 7.53. The zero-order valence-corrected chi connectivity index (χ0v) is 11.0. The van der Waals surface area contributed by atoms with Gasteiger partial charge in [-0.3, -0.25) is 4.90 Å². The van der Waals surface area contributed by atoms with E-state index in [1.54, 1.807) is 0 Å². The number of hydrogen-bond donors (Lipinski definition) is 2. The molecule has 4 heteroatoms. The minimum Gasteiger partial charge on any atom is -0.396 e. The van der Waals surface area contributed by atoms with Crippen molar-refractivity contribution in [3.63, 3.8) is 0 Å². The molecule has 2 N–H and O–H groups in total. The Bertz CT molecular complexity index is 189. The average molecular weight is 229 g/mol. The average Bonchev–Trinajstić information content (AvgIpc) is 2.20. The van der Waals surface area contributed by atoms with Crippen LogP contribution >= 0.6 is 0 Å². The number of nitrogens with one attached hydrogen (secondary N) is 1. The van der Waals surface area contributed by atoms with Crippen molar-refractivity contribution in [3.8, 4) is 0 Å². The molecule has 1 aliphatic rings. The van der Waals surface area contributed by atoms with E-state index in [0.29, 0.717) is 0 Å². The molecule has 0 atom stereocenters. The summed E-state index contributed by atoms with van der Waals surface area (Å²) in [4.78, 5) is 4.88. The number of piperazine rings is 1. The number of aliphatic hydroxyl groups is 1. The fourth-order valence-electron chi connectivity index (χ4n) is 1.99. The third-order valence-corrected chi connectivity index (χ3v) is 3.36. The maximum Gasteiger partial charge on any atom is 0.0448 e. The van der Waals surface area contributed by atoms with Gasteiger partial charge in [-0.25, -0.2) is 0 Å². The molecule has 0 aromatic heterocycles. The van der Waals surface area contributed by atoms with Crippen LogP contribution in [-0.2, 0) is 0 Å². The van der Waals surface area contributed by atoms with Gasteiger partial charge in [0.25, 0.3) is 0 Å². The van der Waals surface area contributed by atoms with Gasteiger partial charge < -0.3 is 15.3 Å². The zero-order valence-electron chi connectivity index (χ0n) is 11.0. The van der Waals surface area contributed by atoms with Crippen molar-refractivity contribution in [1.29, 1.82) is 0 Å². The highest BCUT2D eigenvalue weighted by Crippen LogP contribution is 2.06. The van der Waals surface area contributed by atoms with E-state index in [1.807, 2.05) is 0 Å². The maximum absolute atomic E-state index is 8.92. The fourth-order valence-corrected chi connectivity index (χ4v) is 1.99. The van der Waals surface area contributed by atoms with E-state index in [9.17, 15) is 0 Å². The van der Waals surface area contributed by atoms with Crippen LogP contribution < -0.4 is 5.32 Å². The first-order valence-corrected chi connectivity index (χ1v) is 6.30. The van der Waals surface area contributed by atoms with E-state index in [0.717, 1.165) is 19.5 Å².